The minimum Gasteiger partial charge on any atom is -0.490 e. The highest BCUT2D eigenvalue weighted by molar-refractivity contribution is 6.66. The number of ether oxygens (including phenoxy) is 2. The Labute approximate surface area is 309 Å². The van der Waals surface area contributed by atoms with Crippen molar-refractivity contribution in [1.29, 1.82) is 0 Å². The van der Waals surface area contributed by atoms with Crippen LogP contribution in [0.1, 0.15) is 198 Å². The molecule has 2 fully saturated rings. The Morgan fingerprint density at radius 3 is 0.900 bits per heavy atom. The molecular formula is C42H76B2O6. The second-order valence-corrected chi connectivity index (χ2v) is 17.1. The molecule has 0 bridgehead atoms. The molecule has 50 heavy (non-hydrogen) atoms. The summed E-state index contributed by atoms with van der Waals surface area (Å²) in [5.41, 5.74) is -0.123. The fraction of sp³-hybridized carbons (Fsp3) is 0.857. The van der Waals surface area contributed by atoms with Crippen LogP contribution in [-0.2, 0) is 18.6 Å². The summed E-state index contributed by atoms with van der Waals surface area (Å²) in [5, 5.41) is 0. The van der Waals surface area contributed by atoms with Crippen LogP contribution in [0.15, 0.2) is 12.1 Å². The minimum absolute atomic E-state index is 0.465. The molecular weight excluding hydrogens is 622 g/mol. The molecule has 2 heterocycles. The second-order valence-electron chi connectivity index (χ2n) is 17.1. The number of hydrogen-bond acceptors (Lipinski definition) is 6. The molecule has 0 aliphatic carbocycles. The average molecular weight is 699 g/mol. The van der Waals surface area contributed by atoms with Crippen molar-refractivity contribution in [2.45, 2.75) is 220 Å². The number of rotatable bonds is 26. The van der Waals surface area contributed by atoms with E-state index in [-0.39, 0.29) is 0 Å². The van der Waals surface area contributed by atoms with Gasteiger partial charge in [0.05, 0.1) is 35.6 Å². The van der Waals surface area contributed by atoms with E-state index >= 15 is 0 Å². The molecule has 2 aliphatic rings. The second kappa shape index (κ2) is 20.9. The number of unbranched alkanes of at least 4 members (excludes halogenated alkanes) is 18. The van der Waals surface area contributed by atoms with Gasteiger partial charge in [0.15, 0.2) is 11.5 Å². The molecule has 6 nitrogen and oxygen atoms in total. The van der Waals surface area contributed by atoms with Crippen LogP contribution in [0.3, 0.4) is 0 Å². The van der Waals surface area contributed by atoms with E-state index in [2.05, 4.69) is 81.4 Å². The van der Waals surface area contributed by atoms with Crippen molar-refractivity contribution in [3.05, 3.63) is 12.1 Å². The Morgan fingerprint density at radius 2 is 0.640 bits per heavy atom. The Morgan fingerprint density at radius 1 is 0.400 bits per heavy atom. The summed E-state index contributed by atoms with van der Waals surface area (Å²) in [6, 6.07) is 4.15. The molecule has 1 aromatic rings. The van der Waals surface area contributed by atoms with Crippen molar-refractivity contribution in [2.24, 2.45) is 0 Å². The van der Waals surface area contributed by atoms with Gasteiger partial charge in [0, 0.05) is 10.9 Å². The van der Waals surface area contributed by atoms with E-state index < -0.39 is 36.6 Å². The Bertz CT molecular complexity index is 987. The monoisotopic (exact) mass is 699 g/mol. The SMILES string of the molecule is CCCCCCCCCCCCOc1c(B2OC(C)(C)C(C)(C)O2)ccc(B2OC(C)(C)C(C)(C)O2)c1OCCCCCCCCCCCC. The standard InChI is InChI=1S/C42H76B2O6/c1-11-13-15-17-19-21-23-25-27-29-33-45-37-35(43-47-39(3,4)40(5,6)48-43)31-32-36(44-49-41(7,8)42(9,10)50-44)38(37)46-34-30-28-26-24-22-20-18-16-14-12-2/h31-32H,11-30,33-34H2,1-10H3. The molecule has 0 amide bonds. The van der Waals surface area contributed by atoms with Crippen LogP contribution in [0.2, 0.25) is 0 Å². The zero-order valence-electron chi connectivity index (χ0n) is 34.3. The molecule has 0 atom stereocenters. The van der Waals surface area contributed by atoms with Crippen LogP contribution in [-0.4, -0.2) is 49.9 Å². The maximum Gasteiger partial charge on any atom is 0.498 e. The molecule has 0 spiro atoms. The molecule has 8 heteroatoms. The molecule has 2 saturated heterocycles. The molecule has 0 N–H and O–H groups in total. The Balaban J connectivity index is 1.74. The summed E-state index contributed by atoms with van der Waals surface area (Å²) in [7, 11) is -1.12. The molecule has 0 radical (unpaired) electrons. The van der Waals surface area contributed by atoms with E-state index in [0.717, 1.165) is 36.6 Å². The summed E-state index contributed by atoms with van der Waals surface area (Å²) in [5.74, 6) is 1.41. The van der Waals surface area contributed by atoms with E-state index in [1.54, 1.807) is 0 Å². The number of hydrogen-bond donors (Lipinski definition) is 0. The van der Waals surface area contributed by atoms with Gasteiger partial charge in [0.2, 0.25) is 0 Å². The van der Waals surface area contributed by atoms with Crippen LogP contribution in [0.4, 0.5) is 0 Å². The van der Waals surface area contributed by atoms with Crippen LogP contribution >= 0.6 is 0 Å². The summed E-state index contributed by atoms with van der Waals surface area (Å²) in [6.07, 6.45) is 25.7. The molecule has 3 rings (SSSR count). The van der Waals surface area contributed by atoms with Gasteiger partial charge in [-0.15, -0.1) is 0 Å². The minimum atomic E-state index is -0.560. The first kappa shape index (κ1) is 43.2. The summed E-state index contributed by atoms with van der Waals surface area (Å²) in [4.78, 5) is 0. The fourth-order valence-corrected chi connectivity index (χ4v) is 6.73. The van der Waals surface area contributed by atoms with Gasteiger partial charge in [0.1, 0.15) is 0 Å². The zero-order valence-corrected chi connectivity index (χ0v) is 34.3. The third kappa shape index (κ3) is 12.7. The van der Waals surface area contributed by atoms with Crippen LogP contribution < -0.4 is 20.4 Å². The fourth-order valence-electron chi connectivity index (χ4n) is 6.73. The Hall–Kier alpha value is -1.21. The maximum atomic E-state index is 6.75. The molecule has 0 unspecified atom stereocenters. The quantitative estimate of drug-likeness (QED) is 0.0709. The van der Waals surface area contributed by atoms with Crippen LogP contribution in [0, 0.1) is 0 Å². The first-order valence-corrected chi connectivity index (χ1v) is 20.9. The van der Waals surface area contributed by atoms with Crippen molar-refractivity contribution in [3.8, 4) is 11.5 Å². The highest BCUT2D eigenvalue weighted by Gasteiger charge is 2.55. The van der Waals surface area contributed by atoms with Crippen LogP contribution in [0.25, 0.3) is 0 Å². The van der Waals surface area contributed by atoms with Gasteiger partial charge in [-0.05, 0) is 68.2 Å². The molecule has 286 valence electrons. The van der Waals surface area contributed by atoms with E-state index in [4.69, 9.17) is 28.1 Å². The molecule has 0 aromatic heterocycles. The first-order chi connectivity index (χ1) is 23.8. The third-order valence-electron chi connectivity index (χ3n) is 11.7. The topological polar surface area (TPSA) is 55.4 Å². The van der Waals surface area contributed by atoms with E-state index in [9.17, 15) is 0 Å². The summed E-state index contributed by atoms with van der Waals surface area (Å²) >= 11 is 0. The van der Waals surface area contributed by atoms with Crippen molar-refractivity contribution in [1.82, 2.24) is 0 Å². The lowest BCUT2D eigenvalue weighted by Crippen LogP contribution is -2.41. The predicted octanol–water partition coefficient (Wildman–Crippen LogP) is 10.9. The summed E-state index contributed by atoms with van der Waals surface area (Å²) < 4.78 is 39.8. The van der Waals surface area contributed by atoms with Gasteiger partial charge >= 0.3 is 14.2 Å². The Kier molecular flexibility index (Phi) is 18.0. The summed E-state index contributed by atoms with van der Waals surface area (Å²) in [6.45, 7) is 22.6. The normalized spacial score (nSPS) is 19.0. The van der Waals surface area contributed by atoms with Gasteiger partial charge < -0.3 is 28.1 Å². The smallest absolute Gasteiger partial charge is 0.490 e. The van der Waals surface area contributed by atoms with Gasteiger partial charge in [-0.1, -0.05) is 142 Å². The molecule has 0 saturated carbocycles. The molecule has 2 aliphatic heterocycles. The number of benzene rings is 1. The highest BCUT2D eigenvalue weighted by Crippen LogP contribution is 2.40. The first-order valence-electron chi connectivity index (χ1n) is 20.9. The van der Waals surface area contributed by atoms with E-state index in [1.807, 2.05) is 0 Å². The van der Waals surface area contributed by atoms with Gasteiger partial charge in [-0.3, -0.25) is 0 Å². The van der Waals surface area contributed by atoms with Gasteiger partial charge in [-0.25, -0.2) is 0 Å². The van der Waals surface area contributed by atoms with Gasteiger partial charge in [0.25, 0.3) is 0 Å². The predicted molar refractivity (Wildman–Crippen MR) is 213 cm³/mol. The van der Waals surface area contributed by atoms with Gasteiger partial charge in [-0.2, -0.15) is 0 Å². The lowest BCUT2D eigenvalue weighted by molar-refractivity contribution is 0.00578. The van der Waals surface area contributed by atoms with Crippen molar-refractivity contribution >= 4 is 25.2 Å². The van der Waals surface area contributed by atoms with E-state index in [1.165, 1.54) is 103 Å². The molecule has 1 aromatic carbocycles. The lowest BCUT2D eigenvalue weighted by atomic mass is 9.72. The maximum absolute atomic E-state index is 6.75. The third-order valence-corrected chi connectivity index (χ3v) is 11.7. The largest absolute Gasteiger partial charge is 0.498 e. The van der Waals surface area contributed by atoms with Crippen LogP contribution in [0.5, 0.6) is 11.5 Å². The van der Waals surface area contributed by atoms with Crippen molar-refractivity contribution < 1.29 is 28.1 Å². The van der Waals surface area contributed by atoms with Crippen molar-refractivity contribution in [2.75, 3.05) is 13.2 Å². The lowest BCUT2D eigenvalue weighted by Gasteiger charge is -2.32. The average Bonchev–Trinajstić information content (AvgIpc) is 3.41. The highest BCUT2D eigenvalue weighted by atomic mass is 16.7. The van der Waals surface area contributed by atoms with E-state index in [0.29, 0.717) is 24.7 Å². The zero-order chi connectivity index (χ0) is 36.7. The van der Waals surface area contributed by atoms with Crippen molar-refractivity contribution in [3.63, 3.8) is 0 Å².